The van der Waals surface area contributed by atoms with Gasteiger partial charge in [0.1, 0.15) is 0 Å². The summed E-state index contributed by atoms with van der Waals surface area (Å²) in [6.45, 7) is 1.75. The molecule has 8 heteroatoms. The molecule has 1 aliphatic heterocycles. The van der Waals surface area contributed by atoms with Gasteiger partial charge in [0.05, 0.1) is 17.5 Å². The lowest BCUT2D eigenvalue weighted by molar-refractivity contribution is 0.0689. The van der Waals surface area contributed by atoms with Gasteiger partial charge in [0, 0.05) is 52.0 Å². The van der Waals surface area contributed by atoms with Crippen LogP contribution in [0.4, 0.5) is 0 Å². The van der Waals surface area contributed by atoms with Gasteiger partial charge < -0.3 is 14.4 Å². The molecule has 0 saturated carbocycles. The van der Waals surface area contributed by atoms with Crippen molar-refractivity contribution in [1.82, 2.24) is 29.5 Å². The Morgan fingerprint density at radius 3 is 2.80 bits per heavy atom. The highest BCUT2D eigenvalue weighted by atomic mass is 16.2. The summed E-state index contributed by atoms with van der Waals surface area (Å²) in [6.07, 6.45) is 6.76. The molecule has 2 aromatic heterocycles. The van der Waals surface area contributed by atoms with Crippen LogP contribution in [-0.2, 0) is 13.6 Å². The number of H-pyrrole nitrogens is 1. The molecular formula is C22H26N6O2. The van der Waals surface area contributed by atoms with E-state index in [2.05, 4.69) is 15.2 Å². The minimum atomic E-state index is -0.0826. The number of likely N-dealkylation sites (tertiary alicyclic amines) is 1. The van der Waals surface area contributed by atoms with Crippen LogP contribution in [0.15, 0.2) is 48.9 Å². The molecule has 1 atom stereocenters. The number of imidazole rings is 1. The van der Waals surface area contributed by atoms with Gasteiger partial charge in [0.25, 0.3) is 11.8 Å². The summed E-state index contributed by atoms with van der Waals surface area (Å²) in [7, 11) is 3.61. The Morgan fingerprint density at radius 1 is 1.27 bits per heavy atom. The summed E-state index contributed by atoms with van der Waals surface area (Å²) >= 11 is 0. The van der Waals surface area contributed by atoms with Crippen LogP contribution in [0.1, 0.15) is 51.0 Å². The number of carbonyl (C=O) groups excluding carboxylic acids is 2. The highest BCUT2D eigenvalue weighted by molar-refractivity contribution is 5.95. The zero-order chi connectivity index (χ0) is 21.1. The average molecular weight is 406 g/mol. The lowest BCUT2D eigenvalue weighted by Crippen LogP contribution is -2.40. The molecule has 30 heavy (non-hydrogen) atoms. The first-order valence-corrected chi connectivity index (χ1v) is 10.1. The third-order valence-electron chi connectivity index (χ3n) is 5.64. The molecule has 3 heterocycles. The fourth-order valence-corrected chi connectivity index (χ4v) is 4.02. The number of benzene rings is 1. The van der Waals surface area contributed by atoms with Crippen molar-refractivity contribution in [2.75, 3.05) is 20.1 Å². The highest BCUT2D eigenvalue weighted by Crippen LogP contribution is 2.29. The zero-order valence-corrected chi connectivity index (χ0v) is 17.3. The number of carbonyl (C=O) groups is 2. The van der Waals surface area contributed by atoms with Gasteiger partial charge >= 0.3 is 0 Å². The fourth-order valence-electron chi connectivity index (χ4n) is 4.02. The second kappa shape index (κ2) is 8.52. The van der Waals surface area contributed by atoms with Crippen molar-refractivity contribution in [3.8, 4) is 0 Å². The van der Waals surface area contributed by atoms with E-state index in [1.54, 1.807) is 35.1 Å². The zero-order valence-electron chi connectivity index (χ0n) is 17.3. The third kappa shape index (κ3) is 3.98. The van der Waals surface area contributed by atoms with Crippen LogP contribution in [0, 0.1) is 0 Å². The molecule has 2 amide bonds. The van der Waals surface area contributed by atoms with Crippen LogP contribution < -0.4 is 0 Å². The SMILES string of the molecule is CN(Cc1ccccc1)C(=O)c1cn[nH]c1[C@@H]1CCCN(C(=O)c2nccn2C)C1. The Kier molecular flexibility index (Phi) is 5.65. The third-order valence-corrected chi connectivity index (χ3v) is 5.64. The number of nitrogens with zero attached hydrogens (tertiary/aromatic N) is 5. The van der Waals surface area contributed by atoms with Crippen LogP contribution >= 0.6 is 0 Å². The standard InChI is InChI=1S/C22H26N6O2/c1-26-12-10-23-20(26)22(30)28-11-6-9-17(15-28)19-18(13-24-25-19)21(29)27(2)14-16-7-4-3-5-8-16/h3-5,7-8,10,12-13,17H,6,9,11,14-15H2,1-2H3,(H,24,25)/t17-/m1/s1. The van der Waals surface area contributed by atoms with E-state index in [1.807, 2.05) is 42.3 Å². The Bertz CT molecular complexity index is 1030. The monoisotopic (exact) mass is 406 g/mol. The lowest BCUT2D eigenvalue weighted by atomic mass is 9.92. The number of amides is 2. The fraction of sp³-hybridized carbons (Fsp3) is 0.364. The van der Waals surface area contributed by atoms with Gasteiger partial charge in [-0.05, 0) is 18.4 Å². The number of piperidine rings is 1. The summed E-state index contributed by atoms with van der Waals surface area (Å²) < 4.78 is 1.73. The van der Waals surface area contributed by atoms with Gasteiger partial charge in [-0.15, -0.1) is 0 Å². The molecule has 1 N–H and O–H groups in total. The quantitative estimate of drug-likeness (QED) is 0.705. The van der Waals surface area contributed by atoms with E-state index in [9.17, 15) is 9.59 Å². The predicted octanol–water partition coefficient (Wildman–Crippen LogP) is 2.44. The average Bonchev–Trinajstić information content (AvgIpc) is 3.42. The molecule has 1 saturated heterocycles. The first-order valence-electron chi connectivity index (χ1n) is 10.1. The number of nitrogens with one attached hydrogen (secondary N) is 1. The lowest BCUT2D eigenvalue weighted by Gasteiger charge is -2.32. The molecule has 0 bridgehead atoms. The Hall–Kier alpha value is -3.42. The summed E-state index contributed by atoms with van der Waals surface area (Å²) in [5.41, 5.74) is 2.45. The first kappa shape index (κ1) is 19.9. The number of hydrogen-bond acceptors (Lipinski definition) is 4. The van der Waals surface area contributed by atoms with Gasteiger partial charge in [-0.1, -0.05) is 30.3 Å². The molecule has 0 aliphatic carbocycles. The summed E-state index contributed by atoms with van der Waals surface area (Å²) in [4.78, 5) is 33.7. The number of aryl methyl sites for hydroxylation is 1. The molecule has 0 unspecified atom stereocenters. The van der Waals surface area contributed by atoms with Crippen molar-refractivity contribution in [2.24, 2.45) is 7.05 Å². The number of rotatable bonds is 5. The maximum absolute atomic E-state index is 13.1. The molecule has 0 radical (unpaired) electrons. The van der Waals surface area contributed by atoms with Crippen molar-refractivity contribution in [1.29, 1.82) is 0 Å². The van der Waals surface area contributed by atoms with Gasteiger partial charge in [0.15, 0.2) is 5.82 Å². The van der Waals surface area contributed by atoms with Gasteiger partial charge in [-0.3, -0.25) is 14.7 Å². The van der Waals surface area contributed by atoms with Gasteiger partial charge in [0.2, 0.25) is 0 Å². The van der Waals surface area contributed by atoms with Crippen LogP contribution in [-0.4, -0.2) is 61.5 Å². The molecular weight excluding hydrogens is 380 g/mol. The van der Waals surface area contributed by atoms with E-state index >= 15 is 0 Å². The second-order valence-corrected chi connectivity index (χ2v) is 7.80. The van der Waals surface area contributed by atoms with Crippen LogP contribution in [0.3, 0.4) is 0 Å². The second-order valence-electron chi connectivity index (χ2n) is 7.80. The smallest absolute Gasteiger partial charge is 0.289 e. The van der Waals surface area contributed by atoms with Crippen molar-refractivity contribution in [3.05, 3.63) is 71.6 Å². The van der Waals surface area contributed by atoms with Crippen molar-refractivity contribution < 1.29 is 9.59 Å². The Balaban J connectivity index is 1.48. The maximum atomic E-state index is 13.1. The predicted molar refractivity (Wildman–Crippen MR) is 112 cm³/mol. The highest BCUT2D eigenvalue weighted by Gasteiger charge is 2.31. The Labute approximate surface area is 175 Å². The van der Waals surface area contributed by atoms with E-state index in [1.165, 1.54) is 0 Å². The minimum Gasteiger partial charge on any atom is -0.337 e. The molecule has 1 aromatic carbocycles. The minimum absolute atomic E-state index is 0.0366. The number of hydrogen-bond donors (Lipinski definition) is 1. The van der Waals surface area contributed by atoms with Crippen LogP contribution in [0.25, 0.3) is 0 Å². The molecule has 156 valence electrons. The van der Waals surface area contributed by atoms with Gasteiger partial charge in [-0.2, -0.15) is 5.10 Å². The van der Waals surface area contributed by atoms with E-state index in [4.69, 9.17) is 0 Å². The molecule has 3 aromatic rings. The molecule has 4 rings (SSSR count). The molecule has 8 nitrogen and oxygen atoms in total. The summed E-state index contributed by atoms with van der Waals surface area (Å²) in [5.74, 6) is 0.310. The Morgan fingerprint density at radius 2 is 2.07 bits per heavy atom. The van der Waals surface area contributed by atoms with Crippen molar-refractivity contribution in [2.45, 2.75) is 25.3 Å². The number of aromatic nitrogens is 4. The summed E-state index contributed by atoms with van der Waals surface area (Å²) in [6, 6.07) is 9.89. The number of aromatic amines is 1. The van der Waals surface area contributed by atoms with Crippen LogP contribution in [0.2, 0.25) is 0 Å². The van der Waals surface area contributed by atoms with E-state index in [-0.39, 0.29) is 17.7 Å². The maximum Gasteiger partial charge on any atom is 0.289 e. The first-order chi connectivity index (χ1) is 14.5. The van der Waals surface area contributed by atoms with E-state index < -0.39 is 0 Å². The molecule has 0 spiro atoms. The van der Waals surface area contributed by atoms with Crippen molar-refractivity contribution in [3.63, 3.8) is 0 Å². The summed E-state index contributed by atoms with van der Waals surface area (Å²) in [5, 5.41) is 7.17. The largest absolute Gasteiger partial charge is 0.337 e. The van der Waals surface area contributed by atoms with Crippen molar-refractivity contribution >= 4 is 11.8 Å². The molecule has 1 fully saturated rings. The van der Waals surface area contributed by atoms with Crippen LogP contribution in [0.5, 0.6) is 0 Å². The van der Waals surface area contributed by atoms with E-state index in [0.717, 1.165) is 24.1 Å². The normalized spacial score (nSPS) is 16.5. The topological polar surface area (TPSA) is 87.1 Å². The van der Waals surface area contributed by atoms with Gasteiger partial charge in [-0.25, -0.2) is 4.98 Å². The van der Waals surface area contributed by atoms with E-state index in [0.29, 0.717) is 31.0 Å². The molecule has 1 aliphatic rings.